The first kappa shape index (κ1) is 17.0. The van der Waals surface area contributed by atoms with Gasteiger partial charge >= 0.3 is 0 Å². The monoisotopic (exact) mass is 344 g/mol. The van der Waals surface area contributed by atoms with Crippen LogP contribution in [-0.4, -0.2) is 43.5 Å². The SMILES string of the molecule is COc1ccccc1N1CCN(Cc2csc(C(C)=O)c2)[C@@H](C)C1. The van der Waals surface area contributed by atoms with Crippen LogP contribution in [0.3, 0.4) is 0 Å². The number of hydrogen-bond donors (Lipinski definition) is 0. The van der Waals surface area contributed by atoms with Gasteiger partial charge in [0.15, 0.2) is 5.78 Å². The van der Waals surface area contributed by atoms with Crippen molar-refractivity contribution in [2.24, 2.45) is 0 Å². The van der Waals surface area contributed by atoms with E-state index in [4.69, 9.17) is 4.74 Å². The van der Waals surface area contributed by atoms with Crippen LogP contribution in [0.2, 0.25) is 0 Å². The molecular formula is C19H24N2O2S. The average Bonchev–Trinajstić information content (AvgIpc) is 3.05. The molecule has 1 fully saturated rings. The van der Waals surface area contributed by atoms with Crippen LogP contribution in [0.4, 0.5) is 5.69 Å². The van der Waals surface area contributed by atoms with E-state index in [-0.39, 0.29) is 5.78 Å². The topological polar surface area (TPSA) is 32.8 Å². The highest BCUT2D eigenvalue weighted by atomic mass is 32.1. The van der Waals surface area contributed by atoms with Gasteiger partial charge in [0.05, 0.1) is 17.7 Å². The third-order valence-electron chi connectivity index (χ3n) is 4.58. The molecule has 0 bridgehead atoms. The maximum absolute atomic E-state index is 11.5. The quantitative estimate of drug-likeness (QED) is 0.775. The van der Waals surface area contributed by atoms with Crippen molar-refractivity contribution in [1.82, 2.24) is 4.90 Å². The second kappa shape index (κ2) is 7.36. The molecule has 1 aliphatic rings. The van der Waals surface area contributed by atoms with Gasteiger partial charge in [0.1, 0.15) is 5.75 Å². The summed E-state index contributed by atoms with van der Waals surface area (Å²) in [4.78, 5) is 17.2. The van der Waals surface area contributed by atoms with Gasteiger partial charge in [-0.15, -0.1) is 11.3 Å². The van der Waals surface area contributed by atoms with E-state index in [1.807, 2.05) is 18.2 Å². The lowest BCUT2D eigenvalue weighted by molar-refractivity contribution is 0.102. The first-order chi connectivity index (χ1) is 11.6. The molecule has 0 radical (unpaired) electrons. The summed E-state index contributed by atoms with van der Waals surface area (Å²) in [5.41, 5.74) is 2.41. The van der Waals surface area contributed by atoms with Crippen LogP contribution < -0.4 is 9.64 Å². The molecule has 0 N–H and O–H groups in total. The van der Waals surface area contributed by atoms with Gasteiger partial charge in [0.2, 0.25) is 0 Å². The Morgan fingerprint density at radius 3 is 2.79 bits per heavy atom. The van der Waals surface area contributed by atoms with Gasteiger partial charge in [-0.05, 0) is 43.0 Å². The molecule has 24 heavy (non-hydrogen) atoms. The Kier molecular flexibility index (Phi) is 5.21. The number of hydrogen-bond acceptors (Lipinski definition) is 5. The normalized spacial score (nSPS) is 18.6. The number of anilines is 1. The van der Waals surface area contributed by atoms with E-state index in [1.54, 1.807) is 25.4 Å². The number of methoxy groups -OCH3 is 1. The van der Waals surface area contributed by atoms with Gasteiger partial charge in [-0.2, -0.15) is 0 Å². The maximum atomic E-state index is 11.5. The van der Waals surface area contributed by atoms with Gasteiger partial charge in [-0.25, -0.2) is 0 Å². The van der Waals surface area contributed by atoms with Crippen LogP contribution in [0.15, 0.2) is 35.7 Å². The molecule has 3 rings (SSSR count). The van der Waals surface area contributed by atoms with Gasteiger partial charge in [0.25, 0.3) is 0 Å². The molecule has 2 heterocycles. The molecule has 0 saturated carbocycles. The summed E-state index contributed by atoms with van der Waals surface area (Å²) in [5, 5.41) is 2.11. The highest BCUT2D eigenvalue weighted by Crippen LogP contribution is 2.30. The summed E-state index contributed by atoms with van der Waals surface area (Å²) in [6.07, 6.45) is 0. The molecular weight excluding hydrogens is 320 g/mol. The van der Waals surface area contributed by atoms with E-state index in [0.717, 1.165) is 36.8 Å². The predicted molar refractivity (Wildman–Crippen MR) is 99.4 cm³/mol. The van der Waals surface area contributed by atoms with Crippen LogP contribution in [0.25, 0.3) is 0 Å². The fourth-order valence-electron chi connectivity index (χ4n) is 3.22. The Hall–Kier alpha value is -1.85. The zero-order valence-corrected chi connectivity index (χ0v) is 15.3. The van der Waals surface area contributed by atoms with E-state index in [0.29, 0.717) is 6.04 Å². The minimum Gasteiger partial charge on any atom is -0.495 e. The Balaban J connectivity index is 1.65. The number of piperazine rings is 1. The van der Waals surface area contributed by atoms with Crippen LogP contribution in [-0.2, 0) is 6.54 Å². The highest BCUT2D eigenvalue weighted by molar-refractivity contribution is 7.12. The third-order valence-corrected chi connectivity index (χ3v) is 5.66. The lowest BCUT2D eigenvalue weighted by Crippen LogP contribution is -2.51. The van der Waals surface area contributed by atoms with E-state index in [2.05, 4.69) is 34.2 Å². The van der Waals surface area contributed by atoms with Crippen molar-refractivity contribution >= 4 is 22.8 Å². The fraction of sp³-hybridized carbons (Fsp3) is 0.421. The Labute approximate surface area is 147 Å². The molecule has 1 aromatic heterocycles. The Morgan fingerprint density at radius 2 is 2.12 bits per heavy atom. The summed E-state index contributed by atoms with van der Waals surface area (Å²) in [6.45, 7) is 7.76. The fourth-order valence-corrected chi connectivity index (χ4v) is 4.02. The molecule has 4 nitrogen and oxygen atoms in total. The molecule has 0 spiro atoms. The summed E-state index contributed by atoms with van der Waals surface area (Å²) in [6, 6.07) is 10.7. The molecule has 5 heteroatoms. The summed E-state index contributed by atoms with van der Waals surface area (Å²) in [7, 11) is 1.72. The average molecular weight is 344 g/mol. The highest BCUT2D eigenvalue weighted by Gasteiger charge is 2.25. The second-order valence-corrected chi connectivity index (χ2v) is 7.22. The minimum atomic E-state index is 0.153. The van der Waals surface area contributed by atoms with Crippen molar-refractivity contribution in [2.45, 2.75) is 26.4 Å². The number of carbonyl (C=O) groups is 1. The number of carbonyl (C=O) groups excluding carboxylic acids is 1. The maximum Gasteiger partial charge on any atom is 0.169 e. The lowest BCUT2D eigenvalue weighted by Gasteiger charge is -2.41. The largest absolute Gasteiger partial charge is 0.495 e. The van der Waals surface area contributed by atoms with Crippen molar-refractivity contribution in [1.29, 1.82) is 0 Å². The third kappa shape index (κ3) is 3.62. The molecule has 0 aliphatic carbocycles. The van der Waals surface area contributed by atoms with Gasteiger partial charge in [-0.1, -0.05) is 12.1 Å². The molecule has 1 saturated heterocycles. The number of Topliss-reactive ketones (excluding diaryl/α,β-unsaturated/α-hetero) is 1. The van der Waals surface area contributed by atoms with E-state index < -0.39 is 0 Å². The van der Waals surface area contributed by atoms with E-state index in [9.17, 15) is 4.79 Å². The zero-order chi connectivity index (χ0) is 17.1. The number of nitrogens with zero attached hydrogens (tertiary/aromatic N) is 2. The lowest BCUT2D eigenvalue weighted by atomic mass is 10.1. The van der Waals surface area contributed by atoms with Crippen molar-refractivity contribution in [3.63, 3.8) is 0 Å². The first-order valence-corrected chi connectivity index (χ1v) is 9.17. The van der Waals surface area contributed by atoms with Crippen molar-refractivity contribution in [3.05, 3.63) is 46.2 Å². The van der Waals surface area contributed by atoms with Crippen LogP contribution in [0.1, 0.15) is 29.1 Å². The summed E-state index contributed by atoms with van der Waals surface area (Å²) < 4.78 is 5.50. The number of rotatable bonds is 5. The van der Waals surface area contributed by atoms with Gasteiger partial charge in [-0.3, -0.25) is 9.69 Å². The van der Waals surface area contributed by atoms with Crippen LogP contribution >= 0.6 is 11.3 Å². The number of benzene rings is 1. The summed E-state index contributed by atoms with van der Waals surface area (Å²) in [5.74, 6) is 1.09. The second-order valence-electron chi connectivity index (χ2n) is 6.31. The molecule has 1 aliphatic heterocycles. The molecule has 0 amide bonds. The standard InChI is InChI=1S/C19H24N2O2S/c1-14-11-21(17-6-4-5-7-18(17)23-3)9-8-20(14)12-16-10-19(15(2)22)24-13-16/h4-7,10,13-14H,8-9,11-12H2,1-3H3/t14-/m0/s1. The predicted octanol–water partition coefficient (Wildman–Crippen LogP) is 3.67. The molecule has 128 valence electrons. The van der Waals surface area contributed by atoms with Crippen molar-refractivity contribution in [2.75, 3.05) is 31.6 Å². The number of ether oxygens (including phenoxy) is 1. The number of para-hydroxylation sites is 2. The van der Waals surface area contributed by atoms with Crippen LogP contribution in [0, 0.1) is 0 Å². The molecule has 0 unspecified atom stereocenters. The smallest absolute Gasteiger partial charge is 0.169 e. The molecule has 1 atom stereocenters. The van der Waals surface area contributed by atoms with Crippen LogP contribution in [0.5, 0.6) is 5.75 Å². The van der Waals surface area contributed by atoms with Gasteiger partial charge in [0, 0.05) is 32.2 Å². The summed E-state index contributed by atoms with van der Waals surface area (Å²) >= 11 is 1.55. The van der Waals surface area contributed by atoms with Crippen molar-refractivity contribution in [3.8, 4) is 5.75 Å². The van der Waals surface area contributed by atoms with E-state index >= 15 is 0 Å². The molecule has 2 aromatic rings. The zero-order valence-electron chi connectivity index (χ0n) is 14.5. The van der Waals surface area contributed by atoms with E-state index in [1.165, 1.54) is 11.3 Å². The first-order valence-electron chi connectivity index (χ1n) is 8.29. The number of ketones is 1. The minimum absolute atomic E-state index is 0.153. The molecule has 1 aromatic carbocycles. The Bertz CT molecular complexity index is 713. The van der Waals surface area contributed by atoms with Crippen molar-refractivity contribution < 1.29 is 9.53 Å². The van der Waals surface area contributed by atoms with Gasteiger partial charge < -0.3 is 9.64 Å². The number of thiophene rings is 1. The Morgan fingerprint density at radius 1 is 1.33 bits per heavy atom.